The molecular weight excluding hydrogens is 360 g/mol. The van der Waals surface area contributed by atoms with Crippen molar-refractivity contribution in [2.45, 2.75) is 53.4 Å². The van der Waals surface area contributed by atoms with Crippen LogP contribution in [0.3, 0.4) is 0 Å². The molecule has 0 saturated heterocycles. The van der Waals surface area contributed by atoms with E-state index in [2.05, 4.69) is 54.8 Å². The molecule has 4 nitrogen and oxygen atoms in total. The molecule has 1 atom stereocenters. The van der Waals surface area contributed by atoms with E-state index in [1.165, 1.54) is 17.3 Å². The molecule has 1 heterocycles. The number of aryl methyl sites for hydroxylation is 1. The lowest BCUT2D eigenvalue weighted by Crippen LogP contribution is -2.42. The lowest BCUT2D eigenvalue weighted by atomic mass is 9.87. The Morgan fingerprint density at radius 2 is 1.81 bits per heavy atom. The molecule has 6 heteroatoms. The first-order valence-electron chi connectivity index (χ1n) is 8.83. The maximum Gasteiger partial charge on any atom is 0.166 e. The Bertz CT molecular complexity index is 712. The average molecular weight is 391 g/mol. The van der Waals surface area contributed by atoms with E-state index >= 15 is 0 Å². The lowest BCUT2D eigenvalue weighted by Gasteiger charge is -2.29. The van der Waals surface area contributed by atoms with E-state index in [1.54, 1.807) is 0 Å². The van der Waals surface area contributed by atoms with E-state index < -0.39 is 5.41 Å². The highest BCUT2D eigenvalue weighted by molar-refractivity contribution is 8.23. The fourth-order valence-electron chi connectivity index (χ4n) is 2.06. The fraction of sp³-hybridized carbons (Fsp3) is 0.500. The summed E-state index contributed by atoms with van der Waals surface area (Å²) in [6.45, 7) is 14.9. The van der Waals surface area contributed by atoms with Gasteiger partial charge in [0, 0.05) is 16.5 Å². The zero-order valence-electron chi connectivity index (χ0n) is 16.8. The first-order chi connectivity index (χ1) is 12.1. The number of amidine groups is 2. The minimum absolute atomic E-state index is 0.0691. The van der Waals surface area contributed by atoms with Crippen molar-refractivity contribution in [3.63, 3.8) is 0 Å². The molecule has 1 aromatic rings. The van der Waals surface area contributed by atoms with Crippen LogP contribution in [0.25, 0.3) is 0 Å². The Hall–Kier alpha value is -1.53. The van der Waals surface area contributed by atoms with Crippen molar-refractivity contribution in [1.82, 2.24) is 0 Å². The van der Waals surface area contributed by atoms with Crippen LogP contribution in [0.2, 0.25) is 0 Å². The molecule has 0 aromatic heterocycles. The van der Waals surface area contributed by atoms with Crippen LogP contribution in [0.5, 0.6) is 0 Å². The minimum atomic E-state index is -0.493. The second-order valence-corrected chi connectivity index (χ2v) is 8.95. The van der Waals surface area contributed by atoms with Gasteiger partial charge in [-0.3, -0.25) is 4.99 Å². The summed E-state index contributed by atoms with van der Waals surface area (Å²) in [5.41, 5.74) is 6.86. The van der Waals surface area contributed by atoms with Gasteiger partial charge in [0.2, 0.25) is 0 Å². The number of rotatable bonds is 2. The first-order valence-corrected chi connectivity index (χ1v) is 10.1. The summed E-state index contributed by atoms with van der Waals surface area (Å²) >= 11 is 6.79. The summed E-state index contributed by atoms with van der Waals surface area (Å²) < 4.78 is 0.497. The highest BCUT2D eigenvalue weighted by atomic mass is 32.2. The molecule has 1 aliphatic heterocycles. The van der Waals surface area contributed by atoms with E-state index in [4.69, 9.17) is 18.0 Å². The van der Waals surface area contributed by atoms with Gasteiger partial charge in [-0.1, -0.05) is 76.3 Å². The minimum Gasteiger partial charge on any atom is -0.386 e. The standard InChI is InChI=1S/C18H24N4S2.C2H6/c1-12-6-8-13(9-7-12)24-16(23)22-14(19)18(5)10-20-15(21-11-18)17(2,3)4;1-2/h6-10H,11H2,1-5H3,(H2,19,22,23);1-2H3. The Balaban J connectivity index is 0.00000163. The Labute approximate surface area is 167 Å². The molecule has 1 aromatic carbocycles. The van der Waals surface area contributed by atoms with Crippen LogP contribution in [0, 0.1) is 17.8 Å². The predicted octanol–water partition coefficient (Wildman–Crippen LogP) is 5.29. The number of aliphatic imine (C=N–C) groups is 3. The smallest absolute Gasteiger partial charge is 0.166 e. The third-order valence-corrected chi connectivity index (χ3v) is 4.84. The van der Waals surface area contributed by atoms with Crippen LogP contribution in [-0.2, 0) is 0 Å². The van der Waals surface area contributed by atoms with Crippen LogP contribution in [0.4, 0.5) is 0 Å². The van der Waals surface area contributed by atoms with Crippen LogP contribution in [0.1, 0.15) is 47.1 Å². The summed E-state index contributed by atoms with van der Waals surface area (Å²) in [6, 6.07) is 8.16. The van der Waals surface area contributed by atoms with Crippen molar-refractivity contribution >= 4 is 46.2 Å². The largest absolute Gasteiger partial charge is 0.386 e. The van der Waals surface area contributed by atoms with Crippen molar-refractivity contribution < 1.29 is 0 Å². The number of thioether (sulfide) groups is 1. The molecule has 0 bridgehead atoms. The lowest BCUT2D eigenvalue weighted by molar-refractivity contribution is 0.563. The zero-order valence-corrected chi connectivity index (χ0v) is 18.5. The monoisotopic (exact) mass is 390 g/mol. The van der Waals surface area contributed by atoms with E-state index in [0.717, 1.165) is 10.7 Å². The van der Waals surface area contributed by atoms with Crippen molar-refractivity contribution in [3.8, 4) is 0 Å². The molecule has 142 valence electrons. The predicted molar refractivity (Wildman–Crippen MR) is 121 cm³/mol. The second kappa shape index (κ2) is 9.42. The van der Waals surface area contributed by atoms with Crippen molar-refractivity contribution in [1.29, 1.82) is 0 Å². The summed E-state index contributed by atoms with van der Waals surface area (Å²) in [4.78, 5) is 14.5. The van der Waals surface area contributed by atoms with Gasteiger partial charge in [0.1, 0.15) is 11.7 Å². The summed E-state index contributed by atoms with van der Waals surface area (Å²) in [5.74, 6) is 1.29. The number of hydrogen-bond acceptors (Lipinski definition) is 4. The van der Waals surface area contributed by atoms with E-state index in [0.29, 0.717) is 16.7 Å². The highest BCUT2D eigenvalue weighted by Gasteiger charge is 2.32. The van der Waals surface area contributed by atoms with Crippen LogP contribution in [-0.4, -0.2) is 28.8 Å². The van der Waals surface area contributed by atoms with E-state index in [9.17, 15) is 0 Å². The van der Waals surface area contributed by atoms with Gasteiger partial charge in [-0.25, -0.2) is 9.98 Å². The maximum absolute atomic E-state index is 6.20. The number of thiocarbonyl (C=S) groups is 1. The number of nitrogens with zero attached hydrogens (tertiary/aromatic N) is 3. The molecule has 0 amide bonds. The van der Waals surface area contributed by atoms with Gasteiger partial charge in [0.05, 0.1) is 12.0 Å². The number of nitrogens with two attached hydrogens (primary N) is 1. The van der Waals surface area contributed by atoms with Gasteiger partial charge in [-0.15, -0.1) is 0 Å². The first kappa shape index (κ1) is 22.5. The third-order valence-electron chi connectivity index (χ3n) is 3.72. The molecule has 1 unspecified atom stereocenters. The van der Waals surface area contributed by atoms with Gasteiger partial charge in [-0.2, -0.15) is 0 Å². The van der Waals surface area contributed by atoms with Crippen molar-refractivity contribution in [2.24, 2.45) is 31.5 Å². The fourth-order valence-corrected chi connectivity index (χ4v) is 3.06. The van der Waals surface area contributed by atoms with Crippen molar-refractivity contribution in [3.05, 3.63) is 29.8 Å². The molecule has 0 aliphatic carbocycles. The summed E-state index contributed by atoms with van der Waals surface area (Å²) in [6.07, 6.45) is 1.85. The molecule has 0 fully saturated rings. The summed E-state index contributed by atoms with van der Waals surface area (Å²) in [7, 11) is 0. The number of benzene rings is 1. The molecule has 2 rings (SSSR count). The molecular formula is C20H30N4S2. The Kier molecular flexibility index (Phi) is 8.15. The quantitative estimate of drug-likeness (QED) is 0.323. The van der Waals surface area contributed by atoms with Crippen LogP contribution < -0.4 is 5.73 Å². The summed E-state index contributed by atoms with van der Waals surface area (Å²) in [5, 5.41) is 0. The van der Waals surface area contributed by atoms with Gasteiger partial charge in [0.15, 0.2) is 4.32 Å². The van der Waals surface area contributed by atoms with E-state index in [1.807, 2.05) is 39.1 Å². The van der Waals surface area contributed by atoms with Gasteiger partial charge < -0.3 is 5.73 Å². The molecule has 26 heavy (non-hydrogen) atoms. The highest BCUT2D eigenvalue weighted by Crippen LogP contribution is 2.26. The van der Waals surface area contributed by atoms with Crippen molar-refractivity contribution in [2.75, 3.05) is 6.54 Å². The van der Waals surface area contributed by atoms with E-state index in [-0.39, 0.29) is 5.41 Å². The molecule has 1 aliphatic rings. The molecule has 0 saturated carbocycles. The number of hydrogen-bond donors (Lipinski definition) is 1. The Morgan fingerprint density at radius 3 is 2.27 bits per heavy atom. The Morgan fingerprint density at radius 1 is 1.23 bits per heavy atom. The average Bonchev–Trinajstić information content (AvgIpc) is 2.58. The SMILES string of the molecule is CC.Cc1ccc(SC(=S)/N=C(\N)C2(C)C=NC(C(C)(C)C)=NC2)cc1. The third kappa shape index (κ3) is 6.32. The van der Waals surface area contributed by atoms with Gasteiger partial charge in [0.25, 0.3) is 0 Å². The maximum atomic E-state index is 6.20. The van der Waals surface area contributed by atoms with Gasteiger partial charge in [-0.05, 0) is 26.0 Å². The molecule has 0 radical (unpaired) electrons. The zero-order chi connectivity index (χ0) is 20.0. The van der Waals surface area contributed by atoms with Crippen LogP contribution in [0.15, 0.2) is 44.1 Å². The topological polar surface area (TPSA) is 63.1 Å². The van der Waals surface area contributed by atoms with Gasteiger partial charge >= 0.3 is 0 Å². The second-order valence-electron chi connectivity index (χ2n) is 7.24. The molecule has 0 spiro atoms. The normalized spacial score (nSPS) is 20.1. The molecule has 2 N–H and O–H groups in total. The van der Waals surface area contributed by atoms with Crippen LogP contribution >= 0.6 is 24.0 Å².